The Kier molecular flexibility index (Phi) is 4.63. The van der Waals surface area contributed by atoms with Crippen LogP contribution in [0.3, 0.4) is 0 Å². The second-order valence-electron chi connectivity index (χ2n) is 4.06. The van der Waals surface area contributed by atoms with Gasteiger partial charge in [0.05, 0.1) is 11.1 Å². The molecule has 0 atom stereocenters. The highest BCUT2D eigenvalue weighted by Crippen LogP contribution is 2.12. The van der Waals surface area contributed by atoms with Gasteiger partial charge in [-0.1, -0.05) is 23.7 Å². The molecular formula is C14H10ClN3O3. The van der Waals surface area contributed by atoms with Gasteiger partial charge in [0.1, 0.15) is 0 Å². The molecular weight excluding hydrogens is 294 g/mol. The van der Waals surface area contributed by atoms with Gasteiger partial charge >= 0.3 is 0 Å². The molecule has 1 amide bonds. The lowest BCUT2D eigenvalue weighted by Gasteiger charge is -1.99. The van der Waals surface area contributed by atoms with Gasteiger partial charge in [0.25, 0.3) is 11.6 Å². The molecule has 2 rings (SSSR count). The maximum Gasteiger partial charge on any atom is 0.271 e. The van der Waals surface area contributed by atoms with Crippen LogP contribution in [0.25, 0.3) is 0 Å². The smallest absolute Gasteiger partial charge is 0.267 e. The van der Waals surface area contributed by atoms with E-state index in [1.807, 2.05) is 0 Å². The molecule has 2 aromatic carbocycles. The topological polar surface area (TPSA) is 84.6 Å². The van der Waals surface area contributed by atoms with E-state index in [-0.39, 0.29) is 11.3 Å². The van der Waals surface area contributed by atoms with Crippen LogP contribution < -0.4 is 5.43 Å². The molecule has 0 fully saturated rings. The summed E-state index contributed by atoms with van der Waals surface area (Å²) in [5.74, 6) is -0.455. The van der Waals surface area contributed by atoms with E-state index in [0.717, 1.165) is 5.56 Å². The summed E-state index contributed by atoms with van der Waals surface area (Å²) in [6.45, 7) is 0. The van der Waals surface area contributed by atoms with Crippen LogP contribution in [0, 0.1) is 10.1 Å². The molecule has 0 saturated heterocycles. The normalized spacial score (nSPS) is 10.5. The van der Waals surface area contributed by atoms with Crippen molar-refractivity contribution in [2.45, 2.75) is 0 Å². The molecule has 106 valence electrons. The molecule has 0 aromatic heterocycles. The van der Waals surface area contributed by atoms with Gasteiger partial charge in [-0.25, -0.2) is 5.43 Å². The lowest BCUT2D eigenvalue weighted by Crippen LogP contribution is -2.17. The zero-order valence-electron chi connectivity index (χ0n) is 10.7. The van der Waals surface area contributed by atoms with Crippen molar-refractivity contribution in [3.05, 3.63) is 74.8 Å². The van der Waals surface area contributed by atoms with Gasteiger partial charge in [0, 0.05) is 22.7 Å². The summed E-state index contributed by atoms with van der Waals surface area (Å²) in [6.07, 6.45) is 1.45. The first kappa shape index (κ1) is 14.7. The number of amides is 1. The maximum atomic E-state index is 11.8. The first-order valence-corrected chi connectivity index (χ1v) is 6.27. The van der Waals surface area contributed by atoms with E-state index in [2.05, 4.69) is 10.5 Å². The maximum absolute atomic E-state index is 11.8. The molecule has 0 heterocycles. The Hall–Kier alpha value is -2.73. The molecule has 6 nitrogen and oxygen atoms in total. The van der Waals surface area contributed by atoms with E-state index in [9.17, 15) is 14.9 Å². The molecule has 0 aliphatic rings. The van der Waals surface area contributed by atoms with E-state index in [1.165, 1.54) is 30.5 Å². The Morgan fingerprint density at radius 3 is 2.57 bits per heavy atom. The summed E-state index contributed by atoms with van der Waals surface area (Å²) < 4.78 is 0. The van der Waals surface area contributed by atoms with E-state index >= 15 is 0 Å². The van der Waals surface area contributed by atoms with Crippen molar-refractivity contribution in [1.29, 1.82) is 0 Å². The molecule has 21 heavy (non-hydrogen) atoms. The minimum Gasteiger partial charge on any atom is -0.267 e. The van der Waals surface area contributed by atoms with Gasteiger partial charge in [-0.15, -0.1) is 0 Å². The van der Waals surface area contributed by atoms with Crippen LogP contribution in [0.2, 0.25) is 5.02 Å². The standard InChI is InChI=1S/C14H10ClN3O3/c15-12-3-1-2-10(8-12)9-16-17-14(19)11-4-6-13(7-5-11)18(20)21/h1-9H,(H,17,19)/b16-9-. The number of nitrogens with zero attached hydrogens (tertiary/aromatic N) is 2. The zero-order valence-corrected chi connectivity index (χ0v) is 11.4. The molecule has 0 bridgehead atoms. The highest BCUT2D eigenvalue weighted by Gasteiger charge is 2.08. The largest absolute Gasteiger partial charge is 0.271 e. The number of benzene rings is 2. The van der Waals surface area contributed by atoms with Gasteiger partial charge in [0.2, 0.25) is 0 Å². The first-order valence-electron chi connectivity index (χ1n) is 5.90. The number of hydrogen-bond donors (Lipinski definition) is 1. The van der Waals surface area contributed by atoms with Crippen LogP contribution in [0.4, 0.5) is 5.69 Å². The molecule has 0 unspecified atom stereocenters. The Bertz CT molecular complexity index is 699. The number of hydrazone groups is 1. The van der Waals surface area contributed by atoms with Crippen LogP contribution in [0.1, 0.15) is 15.9 Å². The third kappa shape index (κ3) is 4.12. The molecule has 1 N–H and O–H groups in total. The van der Waals surface area contributed by atoms with E-state index < -0.39 is 10.8 Å². The van der Waals surface area contributed by atoms with Gasteiger partial charge in [-0.2, -0.15) is 5.10 Å². The predicted octanol–water partition coefficient (Wildman–Crippen LogP) is 3.01. The highest BCUT2D eigenvalue weighted by molar-refractivity contribution is 6.30. The number of nitro benzene ring substituents is 1. The van der Waals surface area contributed by atoms with Crippen LogP contribution in [-0.2, 0) is 0 Å². The van der Waals surface area contributed by atoms with Crippen molar-refractivity contribution in [1.82, 2.24) is 5.43 Å². The number of non-ortho nitro benzene ring substituents is 1. The number of carbonyl (C=O) groups excluding carboxylic acids is 1. The first-order chi connectivity index (χ1) is 10.1. The van der Waals surface area contributed by atoms with Crippen molar-refractivity contribution in [3.8, 4) is 0 Å². The minimum absolute atomic E-state index is 0.0750. The number of rotatable bonds is 4. The minimum atomic E-state index is -0.529. The van der Waals surface area contributed by atoms with Crippen molar-refractivity contribution in [3.63, 3.8) is 0 Å². The summed E-state index contributed by atoms with van der Waals surface area (Å²) >= 11 is 5.82. The molecule has 0 saturated carbocycles. The Morgan fingerprint density at radius 2 is 1.95 bits per heavy atom. The van der Waals surface area contributed by atoms with Gasteiger partial charge in [-0.05, 0) is 29.8 Å². The van der Waals surface area contributed by atoms with Gasteiger partial charge in [-0.3, -0.25) is 14.9 Å². The van der Waals surface area contributed by atoms with Crippen LogP contribution in [0.15, 0.2) is 53.6 Å². The third-order valence-corrected chi connectivity index (χ3v) is 2.80. The Balaban J connectivity index is 2.00. The van der Waals surface area contributed by atoms with Crippen molar-refractivity contribution >= 4 is 29.4 Å². The summed E-state index contributed by atoms with van der Waals surface area (Å²) in [5, 5.41) is 14.9. The second-order valence-corrected chi connectivity index (χ2v) is 4.49. The monoisotopic (exact) mass is 303 g/mol. The number of carbonyl (C=O) groups is 1. The summed E-state index contributed by atoms with van der Waals surface area (Å²) in [6, 6.07) is 12.2. The quantitative estimate of drug-likeness (QED) is 0.535. The number of nitrogens with one attached hydrogen (secondary N) is 1. The Morgan fingerprint density at radius 1 is 1.24 bits per heavy atom. The van der Waals surface area contributed by atoms with Crippen LogP contribution >= 0.6 is 11.6 Å². The van der Waals surface area contributed by atoms with Gasteiger partial charge < -0.3 is 0 Å². The van der Waals surface area contributed by atoms with Crippen LogP contribution in [-0.4, -0.2) is 17.0 Å². The number of hydrogen-bond acceptors (Lipinski definition) is 4. The fourth-order valence-electron chi connectivity index (χ4n) is 1.55. The van der Waals surface area contributed by atoms with Crippen LogP contribution in [0.5, 0.6) is 0 Å². The fourth-order valence-corrected chi connectivity index (χ4v) is 1.75. The lowest BCUT2D eigenvalue weighted by atomic mass is 10.2. The van der Waals surface area contributed by atoms with Crippen molar-refractivity contribution in [2.24, 2.45) is 5.10 Å². The number of nitro groups is 1. The molecule has 0 radical (unpaired) electrons. The molecule has 0 aliphatic heterocycles. The molecule has 0 aliphatic carbocycles. The summed E-state index contributed by atoms with van der Waals surface area (Å²) in [5.41, 5.74) is 3.28. The van der Waals surface area contributed by atoms with E-state index in [4.69, 9.17) is 11.6 Å². The van der Waals surface area contributed by atoms with E-state index in [0.29, 0.717) is 5.02 Å². The predicted molar refractivity (Wildman–Crippen MR) is 79.6 cm³/mol. The zero-order chi connectivity index (χ0) is 15.2. The highest BCUT2D eigenvalue weighted by atomic mass is 35.5. The number of halogens is 1. The fraction of sp³-hybridized carbons (Fsp3) is 0. The average Bonchev–Trinajstić information content (AvgIpc) is 2.47. The lowest BCUT2D eigenvalue weighted by molar-refractivity contribution is -0.384. The SMILES string of the molecule is O=C(N/N=C\c1cccc(Cl)c1)c1ccc([N+](=O)[O-])cc1. The van der Waals surface area contributed by atoms with Crippen molar-refractivity contribution in [2.75, 3.05) is 0 Å². The summed E-state index contributed by atoms with van der Waals surface area (Å²) in [7, 11) is 0. The van der Waals surface area contributed by atoms with Crippen molar-refractivity contribution < 1.29 is 9.72 Å². The molecule has 0 spiro atoms. The summed E-state index contributed by atoms with van der Waals surface area (Å²) in [4.78, 5) is 21.7. The third-order valence-electron chi connectivity index (χ3n) is 2.57. The Labute approximate surface area is 125 Å². The molecule has 7 heteroatoms. The average molecular weight is 304 g/mol. The second kappa shape index (κ2) is 6.62. The van der Waals surface area contributed by atoms with E-state index in [1.54, 1.807) is 24.3 Å². The van der Waals surface area contributed by atoms with Gasteiger partial charge in [0.15, 0.2) is 0 Å². The molecule has 2 aromatic rings.